The van der Waals surface area contributed by atoms with Gasteiger partial charge in [0.1, 0.15) is 0 Å². The molecule has 1 rings (SSSR count). The number of nitro groups is 1. The normalized spacial score (nSPS) is 11.8. The van der Waals surface area contributed by atoms with E-state index in [-0.39, 0.29) is 12.2 Å². The van der Waals surface area contributed by atoms with E-state index < -0.39 is 25.5 Å². The average Bonchev–Trinajstić information content (AvgIpc) is 2.37. The van der Waals surface area contributed by atoms with Crippen LogP contribution in [0.4, 0.5) is 11.4 Å². The SMILES string of the molecule is CC(C)CCCCNS(=O)(=O)c1cc(N)ccc1[N+](=O)[O-]. The Morgan fingerprint density at radius 1 is 1.33 bits per heavy atom. The second-order valence-electron chi connectivity index (χ2n) is 5.27. The molecule has 0 spiro atoms. The molecule has 0 aliphatic heterocycles. The third-order valence-electron chi connectivity index (χ3n) is 2.97. The van der Waals surface area contributed by atoms with Crippen molar-refractivity contribution in [3.63, 3.8) is 0 Å². The highest BCUT2D eigenvalue weighted by Gasteiger charge is 2.25. The van der Waals surface area contributed by atoms with E-state index >= 15 is 0 Å². The van der Waals surface area contributed by atoms with Crippen LogP contribution in [-0.2, 0) is 10.0 Å². The molecular weight excluding hydrogens is 294 g/mol. The molecule has 0 radical (unpaired) electrons. The molecule has 0 atom stereocenters. The lowest BCUT2D eigenvalue weighted by Crippen LogP contribution is -2.25. The van der Waals surface area contributed by atoms with E-state index in [1.54, 1.807) is 0 Å². The van der Waals surface area contributed by atoms with Crippen molar-refractivity contribution < 1.29 is 13.3 Å². The van der Waals surface area contributed by atoms with E-state index in [9.17, 15) is 18.5 Å². The Labute approximate surface area is 124 Å². The monoisotopic (exact) mass is 315 g/mol. The van der Waals surface area contributed by atoms with Gasteiger partial charge in [-0.3, -0.25) is 10.1 Å². The molecule has 0 fully saturated rings. The van der Waals surface area contributed by atoms with Crippen molar-refractivity contribution in [1.29, 1.82) is 0 Å². The fourth-order valence-electron chi connectivity index (χ4n) is 1.86. The summed E-state index contributed by atoms with van der Waals surface area (Å²) in [6.07, 6.45) is 2.60. The summed E-state index contributed by atoms with van der Waals surface area (Å²) >= 11 is 0. The standard InChI is InChI=1S/C13H21N3O4S/c1-10(2)5-3-4-8-15-21(19,20)13-9-11(14)6-7-12(13)16(17)18/h6-7,9-10,15H,3-5,8,14H2,1-2H3. The Kier molecular flexibility index (Phi) is 6.10. The minimum Gasteiger partial charge on any atom is -0.399 e. The van der Waals surface area contributed by atoms with Crippen molar-refractivity contribution >= 4 is 21.4 Å². The number of nitro benzene ring substituents is 1. The van der Waals surface area contributed by atoms with Crippen LogP contribution in [0.15, 0.2) is 23.1 Å². The molecule has 0 saturated heterocycles. The van der Waals surface area contributed by atoms with Crippen LogP contribution in [0.25, 0.3) is 0 Å². The quantitative estimate of drug-likeness (QED) is 0.330. The maximum Gasteiger partial charge on any atom is 0.289 e. The first-order chi connectivity index (χ1) is 9.74. The van der Waals surface area contributed by atoms with Crippen molar-refractivity contribution in [3.8, 4) is 0 Å². The highest BCUT2D eigenvalue weighted by Crippen LogP contribution is 2.25. The van der Waals surface area contributed by atoms with Crippen LogP contribution >= 0.6 is 0 Å². The first-order valence-electron chi connectivity index (χ1n) is 6.77. The molecule has 0 bridgehead atoms. The maximum absolute atomic E-state index is 12.1. The van der Waals surface area contributed by atoms with E-state index in [0.717, 1.165) is 25.0 Å². The zero-order valence-corrected chi connectivity index (χ0v) is 13.0. The molecule has 0 heterocycles. The Bertz CT molecular complexity index is 599. The predicted molar refractivity (Wildman–Crippen MR) is 81.4 cm³/mol. The number of sulfonamides is 1. The molecule has 0 aliphatic rings. The van der Waals surface area contributed by atoms with Crippen molar-refractivity contribution in [2.24, 2.45) is 5.92 Å². The lowest BCUT2D eigenvalue weighted by Gasteiger charge is -2.08. The molecule has 8 heteroatoms. The lowest BCUT2D eigenvalue weighted by molar-refractivity contribution is -0.387. The molecular formula is C13H21N3O4S. The van der Waals surface area contributed by atoms with Gasteiger partial charge in [-0.25, -0.2) is 13.1 Å². The number of nitrogens with two attached hydrogens (primary N) is 1. The van der Waals surface area contributed by atoms with Crippen LogP contribution < -0.4 is 10.5 Å². The number of hydrogen-bond donors (Lipinski definition) is 2. The number of nitrogens with zero attached hydrogens (tertiary/aromatic N) is 1. The summed E-state index contributed by atoms with van der Waals surface area (Å²) in [5.41, 5.74) is 5.21. The van der Waals surface area contributed by atoms with Gasteiger partial charge in [-0.1, -0.05) is 26.7 Å². The van der Waals surface area contributed by atoms with Crippen molar-refractivity contribution in [2.45, 2.75) is 38.0 Å². The number of rotatable bonds is 8. The van der Waals surface area contributed by atoms with Gasteiger partial charge in [0.2, 0.25) is 10.0 Å². The van der Waals surface area contributed by atoms with Gasteiger partial charge in [0.05, 0.1) is 4.92 Å². The summed E-state index contributed by atoms with van der Waals surface area (Å²) in [4.78, 5) is 9.78. The molecule has 0 aliphatic carbocycles. The third kappa shape index (κ3) is 5.31. The first-order valence-corrected chi connectivity index (χ1v) is 8.26. The number of unbranched alkanes of at least 4 members (excludes halogenated alkanes) is 1. The molecule has 1 aromatic carbocycles. The Hall–Kier alpha value is -1.67. The summed E-state index contributed by atoms with van der Waals surface area (Å²) < 4.78 is 26.7. The van der Waals surface area contributed by atoms with Crippen LogP contribution in [0.2, 0.25) is 0 Å². The molecule has 21 heavy (non-hydrogen) atoms. The number of benzene rings is 1. The second kappa shape index (κ2) is 7.37. The van der Waals surface area contributed by atoms with E-state index in [0.29, 0.717) is 12.3 Å². The number of hydrogen-bond acceptors (Lipinski definition) is 5. The average molecular weight is 315 g/mol. The molecule has 0 aromatic heterocycles. The Morgan fingerprint density at radius 3 is 2.57 bits per heavy atom. The van der Waals surface area contributed by atoms with E-state index in [2.05, 4.69) is 18.6 Å². The highest BCUT2D eigenvalue weighted by atomic mass is 32.2. The van der Waals surface area contributed by atoms with Crippen molar-refractivity contribution in [3.05, 3.63) is 28.3 Å². The van der Waals surface area contributed by atoms with E-state index in [1.165, 1.54) is 6.07 Å². The predicted octanol–water partition coefficient (Wildman–Crippen LogP) is 2.28. The number of nitrogen functional groups attached to an aromatic ring is 1. The lowest BCUT2D eigenvalue weighted by atomic mass is 10.1. The largest absolute Gasteiger partial charge is 0.399 e. The van der Waals surface area contributed by atoms with Gasteiger partial charge in [0.15, 0.2) is 4.90 Å². The molecule has 7 nitrogen and oxygen atoms in total. The molecule has 3 N–H and O–H groups in total. The maximum atomic E-state index is 12.1. The summed E-state index contributed by atoms with van der Waals surface area (Å²) in [7, 11) is -3.93. The van der Waals surface area contributed by atoms with Crippen molar-refractivity contribution in [1.82, 2.24) is 4.72 Å². The van der Waals surface area contributed by atoms with Gasteiger partial charge in [0, 0.05) is 18.3 Å². The molecule has 0 amide bonds. The minimum atomic E-state index is -3.93. The summed E-state index contributed by atoms with van der Waals surface area (Å²) in [6.45, 7) is 4.45. The number of nitrogens with one attached hydrogen (secondary N) is 1. The highest BCUT2D eigenvalue weighted by molar-refractivity contribution is 7.89. The van der Waals surface area contributed by atoms with Gasteiger partial charge in [-0.2, -0.15) is 0 Å². The van der Waals surface area contributed by atoms with Gasteiger partial charge in [0.25, 0.3) is 5.69 Å². The molecule has 0 saturated carbocycles. The van der Waals surface area contributed by atoms with Crippen molar-refractivity contribution in [2.75, 3.05) is 12.3 Å². The fraction of sp³-hybridized carbons (Fsp3) is 0.538. The van der Waals surface area contributed by atoms with Gasteiger partial charge in [-0.05, 0) is 24.5 Å². The minimum absolute atomic E-state index is 0.167. The smallest absolute Gasteiger partial charge is 0.289 e. The second-order valence-corrected chi connectivity index (χ2v) is 7.01. The number of anilines is 1. The van der Waals surface area contributed by atoms with E-state index in [4.69, 9.17) is 5.73 Å². The Balaban J connectivity index is 2.79. The topological polar surface area (TPSA) is 115 Å². The van der Waals surface area contributed by atoms with Crippen LogP contribution in [0.1, 0.15) is 33.1 Å². The fourth-order valence-corrected chi connectivity index (χ4v) is 3.14. The first kappa shape index (κ1) is 17.4. The van der Waals surface area contributed by atoms with Gasteiger partial charge in [-0.15, -0.1) is 0 Å². The summed E-state index contributed by atoms with van der Waals surface area (Å²) in [6, 6.07) is 3.51. The summed E-state index contributed by atoms with van der Waals surface area (Å²) in [5, 5.41) is 10.9. The molecule has 0 unspecified atom stereocenters. The van der Waals surface area contributed by atoms with Crippen LogP contribution in [-0.4, -0.2) is 19.9 Å². The zero-order valence-electron chi connectivity index (χ0n) is 12.2. The van der Waals surface area contributed by atoms with Crippen LogP contribution in [0, 0.1) is 16.0 Å². The van der Waals surface area contributed by atoms with Crippen LogP contribution in [0.3, 0.4) is 0 Å². The zero-order chi connectivity index (χ0) is 16.0. The van der Waals surface area contributed by atoms with E-state index in [1.807, 2.05) is 0 Å². The van der Waals surface area contributed by atoms with Crippen LogP contribution in [0.5, 0.6) is 0 Å². The van der Waals surface area contributed by atoms with Gasteiger partial charge >= 0.3 is 0 Å². The van der Waals surface area contributed by atoms with Gasteiger partial charge < -0.3 is 5.73 Å². The molecule has 118 valence electrons. The Morgan fingerprint density at radius 2 is 2.00 bits per heavy atom. The molecule has 1 aromatic rings. The third-order valence-corrected chi connectivity index (χ3v) is 4.46. The summed E-state index contributed by atoms with van der Waals surface area (Å²) in [5.74, 6) is 0.566.